The Kier molecular flexibility index (Phi) is 4.35. The quantitative estimate of drug-likeness (QED) is 0.905. The molecule has 1 N–H and O–H groups in total. The van der Waals surface area contributed by atoms with Gasteiger partial charge in [0.1, 0.15) is 0 Å². The van der Waals surface area contributed by atoms with Crippen molar-refractivity contribution in [2.75, 3.05) is 13.2 Å². The summed E-state index contributed by atoms with van der Waals surface area (Å²) in [6.07, 6.45) is -0.312. The molecule has 1 aliphatic heterocycles. The number of benzene rings is 1. The molecule has 6 nitrogen and oxygen atoms in total. The molecule has 0 bridgehead atoms. The molecule has 7 heteroatoms. The van der Waals surface area contributed by atoms with Crippen LogP contribution in [0.1, 0.15) is 25.0 Å². The summed E-state index contributed by atoms with van der Waals surface area (Å²) in [6.45, 7) is 5.72. The number of hydrogen-bond acceptors (Lipinski definition) is 5. The van der Waals surface area contributed by atoms with Gasteiger partial charge >= 0.3 is 0 Å². The van der Waals surface area contributed by atoms with Gasteiger partial charge in [-0.15, -0.1) is 0 Å². The molecule has 1 atom stereocenters. The minimum absolute atomic E-state index is 0.144. The average Bonchev–Trinajstić information content (AvgIpc) is 2.75. The smallest absolute Gasteiger partial charge is 0.240 e. The number of rotatable bonds is 4. The Morgan fingerprint density at radius 2 is 2.19 bits per heavy atom. The van der Waals surface area contributed by atoms with Gasteiger partial charge in [-0.2, -0.15) is 5.26 Å². The van der Waals surface area contributed by atoms with Crippen LogP contribution in [0.2, 0.25) is 0 Å². The van der Waals surface area contributed by atoms with E-state index >= 15 is 0 Å². The Morgan fingerprint density at radius 3 is 2.71 bits per heavy atom. The van der Waals surface area contributed by atoms with Crippen LogP contribution >= 0.6 is 0 Å². The lowest BCUT2D eigenvalue weighted by Gasteiger charge is -2.17. The minimum Gasteiger partial charge on any atom is -0.348 e. The van der Waals surface area contributed by atoms with Gasteiger partial charge < -0.3 is 9.47 Å². The number of sulfonamides is 1. The molecule has 1 unspecified atom stereocenters. The summed E-state index contributed by atoms with van der Waals surface area (Å²) in [7, 11) is -3.64. The molecule has 1 aromatic carbocycles. The lowest BCUT2D eigenvalue weighted by Crippen LogP contribution is -2.34. The first kappa shape index (κ1) is 15.9. The molecule has 0 amide bonds. The van der Waals surface area contributed by atoms with Gasteiger partial charge in [-0.3, -0.25) is 0 Å². The van der Waals surface area contributed by atoms with Crippen molar-refractivity contribution in [1.29, 1.82) is 5.26 Å². The number of nitrogens with one attached hydrogen (secondary N) is 1. The number of ether oxygens (including phenoxy) is 2. The largest absolute Gasteiger partial charge is 0.348 e. The van der Waals surface area contributed by atoms with Gasteiger partial charge in [0, 0.05) is 6.54 Å². The molecule has 0 saturated carbocycles. The standard InChI is InChI=1S/C14H18N2O4S/c1-10-6-11(7-15)4-5-13(10)21(17,18)16-8-12-9-19-14(2,3)20-12/h4-6,12,16H,8-9H2,1-3H3. The molecule has 2 rings (SSSR count). The Hall–Kier alpha value is -1.46. The van der Waals surface area contributed by atoms with Gasteiger partial charge in [0.25, 0.3) is 0 Å². The van der Waals surface area contributed by atoms with Crippen LogP contribution in [-0.4, -0.2) is 33.5 Å². The Balaban J connectivity index is 2.08. The summed E-state index contributed by atoms with van der Waals surface area (Å²) >= 11 is 0. The zero-order chi connectivity index (χ0) is 15.7. The highest BCUT2D eigenvalue weighted by molar-refractivity contribution is 7.89. The van der Waals surface area contributed by atoms with E-state index in [9.17, 15) is 8.42 Å². The van der Waals surface area contributed by atoms with Crippen molar-refractivity contribution in [1.82, 2.24) is 4.72 Å². The molecule has 1 fully saturated rings. The van der Waals surface area contributed by atoms with Crippen molar-refractivity contribution in [2.24, 2.45) is 0 Å². The topological polar surface area (TPSA) is 88.4 Å². The summed E-state index contributed by atoms with van der Waals surface area (Å²) in [5, 5.41) is 8.81. The van der Waals surface area contributed by atoms with Crippen LogP contribution in [-0.2, 0) is 19.5 Å². The van der Waals surface area contributed by atoms with Gasteiger partial charge in [0.05, 0.1) is 29.2 Å². The van der Waals surface area contributed by atoms with Crippen LogP contribution in [0.3, 0.4) is 0 Å². The second-order valence-corrected chi connectivity index (χ2v) is 7.13. The van der Waals surface area contributed by atoms with Crippen LogP contribution < -0.4 is 4.72 Å². The number of hydrogen-bond donors (Lipinski definition) is 1. The second-order valence-electron chi connectivity index (χ2n) is 5.39. The molecule has 114 valence electrons. The van der Waals surface area contributed by atoms with Crippen LogP contribution in [0.15, 0.2) is 23.1 Å². The lowest BCUT2D eigenvalue weighted by molar-refractivity contribution is -0.137. The zero-order valence-corrected chi connectivity index (χ0v) is 13.0. The van der Waals surface area contributed by atoms with Gasteiger partial charge in [-0.25, -0.2) is 13.1 Å². The van der Waals surface area contributed by atoms with Crippen LogP contribution in [0, 0.1) is 18.3 Å². The maximum absolute atomic E-state index is 12.3. The predicted molar refractivity (Wildman–Crippen MR) is 76.0 cm³/mol. The third kappa shape index (κ3) is 3.80. The van der Waals surface area contributed by atoms with E-state index in [4.69, 9.17) is 14.7 Å². The molecule has 21 heavy (non-hydrogen) atoms. The first-order valence-corrected chi connectivity index (χ1v) is 8.04. The molecule has 0 spiro atoms. The monoisotopic (exact) mass is 310 g/mol. The summed E-state index contributed by atoms with van der Waals surface area (Å²) < 4.78 is 38.0. The summed E-state index contributed by atoms with van der Waals surface area (Å²) in [5.41, 5.74) is 0.964. The number of aryl methyl sites for hydroxylation is 1. The van der Waals surface area contributed by atoms with E-state index in [0.717, 1.165) is 0 Å². The molecular weight excluding hydrogens is 292 g/mol. The van der Waals surface area contributed by atoms with Crippen LogP contribution in [0.25, 0.3) is 0 Å². The highest BCUT2D eigenvalue weighted by atomic mass is 32.2. The van der Waals surface area contributed by atoms with Crippen molar-refractivity contribution < 1.29 is 17.9 Å². The second kappa shape index (κ2) is 5.73. The molecule has 0 radical (unpaired) electrons. The SMILES string of the molecule is Cc1cc(C#N)ccc1S(=O)(=O)NCC1COC(C)(C)O1. The van der Waals surface area contributed by atoms with E-state index in [1.807, 2.05) is 6.07 Å². The van der Waals surface area contributed by atoms with Crippen LogP contribution in [0.5, 0.6) is 0 Å². The molecule has 1 aromatic rings. The average molecular weight is 310 g/mol. The molecular formula is C14H18N2O4S. The highest BCUT2D eigenvalue weighted by Gasteiger charge is 2.33. The molecule has 0 aliphatic carbocycles. The Labute approximate surface area is 124 Å². The maximum Gasteiger partial charge on any atom is 0.240 e. The van der Waals surface area contributed by atoms with E-state index in [0.29, 0.717) is 17.7 Å². The molecule has 1 heterocycles. The minimum atomic E-state index is -3.64. The summed E-state index contributed by atoms with van der Waals surface area (Å²) in [4.78, 5) is 0.166. The van der Waals surface area contributed by atoms with Crippen molar-refractivity contribution in [2.45, 2.75) is 37.6 Å². The van der Waals surface area contributed by atoms with Gasteiger partial charge in [-0.05, 0) is 44.5 Å². The normalized spacial score (nSPS) is 21.1. The first-order valence-electron chi connectivity index (χ1n) is 6.56. The van der Waals surface area contributed by atoms with Crippen molar-refractivity contribution in [3.63, 3.8) is 0 Å². The fourth-order valence-corrected chi connectivity index (χ4v) is 3.46. The van der Waals surface area contributed by atoms with E-state index in [2.05, 4.69) is 4.72 Å². The number of nitrogens with zero attached hydrogens (tertiary/aromatic N) is 1. The fraction of sp³-hybridized carbons (Fsp3) is 0.500. The van der Waals surface area contributed by atoms with Gasteiger partial charge in [0.15, 0.2) is 5.79 Å². The summed E-state index contributed by atoms with van der Waals surface area (Å²) in [5.74, 6) is -0.680. The van der Waals surface area contributed by atoms with Gasteiger partial charge in [-0.1, -0.05) is 0 Å². The van der Waals surface area contributed by atoms with E-state index in [1.54, 1.807) is 26.8 Å². The van der Waals surface area contributed by atoms with Crippen molar-refractivity contribution >= 4 is 10.0 Å². The fourth-order valence-electron chi connectivity index (χ4n) is 2.16. The van der Waals surface area contributed by atoms with E-state index in [-0.39, 0.29) is 17.5 Å². The molecule has 0 aromatic heterocycles. The van der Waals surface area contributed by atoms with Crippen LogP contribution in [0.4, 0.5) is 0 Å². The maximum atomic E-state index is 12.3. The predicted octanol–water partition coefficient (Wildman–Crippen LogP) is 1.30. The Bertz CT molecular complexity index is 677. The van der Waals surface area contributed by atoms with E-state index in [1.165, 1.54) is 12.1 Å². The van der Waals surface area contributed by atoms with E-state index < -0.39 is 15.8 Å². The highest BCUT2D eigenvalue weighted by Crippen LogP contribution is 2.22. The number of nitriles is 1. The van der Waals surface area contributed by atoms with Crippen molar-refractivity contribution in [3.8, 4) is 6.07 Å². The third-order valence-corrected chi connectivity index (χ3v) is 4.75. The van der Waals surface area contributed by atoms with Crippen molar-refractivity contribution in [3.05, 3.63) is 29.3 Å². The molecule has 1 saturated heterocycles. The molecule has 1 aliphatic rings. The van der Waals surface area contributed by atoms with Gasteiger partial charge in [0.2, 0.25) is 10.0 Å². The zero-order valence-electron chi connectivity index (χ0n) is 12.2. The summed E-state index contributed by atoms with van der Waals surface area (Å²) in [6, 6.07) is 6.45. The third-order valence-electron chi connectivity index (χ3n) is 3.16. The first-order chi connectivity index (χ1) is 9.73. The lowest BCUT2D eigenvalue weighted by atomic mass is 10.2. The Morgan fingerprint density at radius 1 is 1.48 bits per heavy atom.